The van der Waals surface area contributed by atoms with E-state index < -0.39 is 5.97 Å². The summed E-state index contributed by atoms with van der Waals surface area (Å²) in [5.41, 5.74) is 1.03. The van der Waals surface area contributed by atoms with E-state index in [-0.39, 0.29) is 11.6 Å². The molecular formula is C13H16N4O3S. The summed E-state index contributed by atoms with van der Waals surface area (Å²) in [5, 5.41) is 18.7. The second-order valence-electron chi connectivity index (χ2n) is 4.50. The number of carboxylic acid groups (broad SMARTS) is 1. The van der Waals surface area contributed by atoms with Crippen molar-refractivity contribution in [2.75, 3.05) is 6.54 Å². The molecular weight excluding hydrogens is 292 g/mol. The van der Waals surface area contributed by atoms with Gasteiger partial charge in [-0.05, 0) is 25.0 Å². The lowest BCUT2D eigenvalue weighted by Gasteiger charge is -2.02. The summed E-state index contributed by atoms with van der Waals surface area (Å²) < 4.78 is 1.39. The monoisotopic (exact) mass is 308 g/mol. The molecule has 0 unspecified atom stereocenters. The van der Waals surface area contributed by atoms with Gasteiger partial charge in [-0.1, -0.05) is 12.1 Å². The lowest BCUT2D eigenvalue weighted by Crippen LogP contribution is -2.26. The molecule has 0 aliphatic rings. The van der Waals surface area contributed by atoms with Crippen LogP contribution in [-0.4, -0.2) is 38.5 Å². The van der Waals surface area contributed by atoms with Crippen molar-refractivity contribution in [1.82, 2.24) is 20.3 Å². The summed E-state index contributed by atoms with van der Waals surface area (Å²) in [6, 6.07) is 1.89. The molecule has 2 rings (SSSR count). The largest absolute Gasteiger partial charge is 0.476 e. The van der Waals surface area contributed by atoms with Crippen LogP contribution in [-0.2, 0) is 13.0 Å². The van der Waals surface area contributed by atoms with Crippen molar-refractivity contribution >= 4 is 23.2 Å². The molecule has 0 fully saturated rings. The molecule has 2 aromatic heterocycles. The van der Waals surface area contributed by atoms with Gasteiger partial charge in [-0.25, -0.2) is 9.48 Å². The van der Waals surface area contributed by atoms with Crippen LogP contribution in [0.4, 0.5) is 0 Å². The van der Waals surface area contributed by atoms with Crippen molar-refractivity contribution in [3.63, 3.8) is 0 Å². The molecule has 8 heteroatoms. The minimum atomic E-state index is -1.12. The molecule has 0 saturated carbocycles. The standard InChI is InChI=1S/C13H16N4O3S/c1-3-10-8(2)6-11(21-10)12(18)14-4-5-17-7-9(13(19)20)15-16-17/h6-7H,3-5H2,1-2H3,(H,14,18)(H,19,20). The molecule has 0 aliphatic heterocycles. The maximum Gasteiger partial charge on any atom is 0.358 e. The van der Waals surface area contributed by atoms with Gasteiger partial charge in [0.15, 0.2) is 5.69 Å². The van der Waals surface area contributed by atoms with E-state index in [0.717, 1.165) is 12.0 Å². The Balaban J connectivity index is 1.87. The molecule has 2 heterocycles. The maximum absolute atomic E-state index is 12.0. The van der Waals surface area contributed by atoms with E-state index in [2.05, 4.69) is 22.6 Å². The molecule has 0 atom stereocenters. The molecule has 0 spiro atoms. The fourth-order valence-corrected chi connectivity index (χ4v) is 2.89. The normalized spacial score (nSPS) is 10.6. The van der Waals surface area contributed by atoms with E-state index in [1.807, 2.05) is 13.0 Å². The number of nitrogens with one attached hydrogen (secondary N) is 1. The number of amides is 1. The number of carbonyl (C=O) groups excluding carboxylic acids is 1. The van der Waals surface area contributed by atoms with Crippen LogP contribution in [0.5, 0.6) is 0 Å². The third kappa shape index (κ3) is 3.66. The van der Waals surface area contributed by atoms with Crippen LogP contribution < -0.4 is 5.32 Å². The Morgan fingerprint density at radius 2 is 2.24 bits per heavy atom. The topological polar surface area (TPSA) is 97.1 Å². The van der Waals surface area contributed by atoms with Gasteiger partial charge in [0.25, 0.3) is 5.91 Å². The SMILES string of the molecule is CCc1sc(C(=O)NCCn2cc(C(=O)O)nn2)cc1C. The van der Waals surface area contributed by atoms with E-state index in [4.69, 9.17) is 5.11 Å². The number of aromatic carboxylic acids is 1. The summed E-state index contributed by atoms with van der Waals surface area (Å²) in [6.07, 6.45) is 2.25. The van der Waals surface area contributed by atoms with Crippen LogP contribution in [0.1, 0.15) is 37.5 Å². The van der Waals surface area contributed by atoms with Crippen molar-refractivity contribution in [3.05, 3.63) is 33.3 Å². The van der Waals surface area contributed by atoms with Crippen molar-refractivity contribution in [1.29, 1.82) is 0 Å². The highest BCUT2D eigenvalue weighted by Gasteiger charge is 2.12. The van der Waals surface area contributed by atoms with Gasteiger partial charge in [0.05, 0.1) is 17.6 Å². The molecule has 1 amide bonds. The molecule has 2 aromatic rings. The molecule has 112 valence electrons. The molecule has 7 nitrogen and oxygen atoms in total. The summed E-state index contributed by atoms with van der Waals surface area (Å²) in [6.45, 7) is 4.79. The number of nitrogens with zero attached hydrogens (tertiary/aromatic N) is 3. The number of aryl methyl sites for hydroxylation is 2. The van der Waals surface area contributed by atoms with Crippen LogP contribution in [0, 0.1) is 6.92 Å². The van der Waals surface area contributed by atoms with E-state index in [1.54, 1.807) is 0 Å². The zero-order valence-electron chi connectivity index (χ0n) is 11.8. The summed E-state index contributed by atoms with van der Waals surface area (Å²) in [4.78, 5) is 24.5. The van der Waals surface area contributed by atoms with E-state index in [0.29, 0.717) is 18.0 Å². The zero-order chi connectivity index (χ0) is 15.4. The number of hydrogen-bond donors (Lipinski definition) is 2. The second-order valence-corrected chi connectivity index (χ2v) is 5.64. The first-order valence-electron chi connectivity index (χ1n) is 6.52. The molecule has 2 N–H and O–H groups in total. The van der Waals surface area contributed by atoms with Crippen LogP contribution in [0.25, 0.3) is 0 Å². The number of aromatic nitrogens is 3. The van der Waals surface area contributed by atoms with E-state index >= 15 is 0 Å². The number of carboxylic acids is 1. The summed E-state index contributed by atoms with van der Waals surface area (Å²) in [7, 11) is 0. The zero-order valence-corrected chi connectivity index (χ0v) is 12.6. The molecule has 21 heavy (non-hydrogen) atoms. The number of carbonyl (C=O) groups is 2. The van der Waals surface area contributed by atoms with Gasteiger partial charge in [0.2, 0.25) is 0 Å². The van der Waals surface area contributed by atoms with Crippen molar-refractivity contribution in [2.45, 2.75) is 26.8 Å². The predicted molar refractivity (Wildman–Crippen MR) is 77.7 cm³/mol. The molecule has 0 bridgehead atoms. The highest BCUT2D eigenvalue weighted by molar-refractivity contribution is 7.14. The highest BCUT2D eigenvalue weighted by atomic mass is 32.1. The van der Waals surface area contributed by atoms with Gasteiger partial charge >= 0.3 is 5.97 Å². The van der Waals surface area contributed by atoms with Crippen LogP contribution in [0.15, 0.2) is 12.3 Å². The lowest BCUT2D eigenvalue weighted by atomic mass is 10.2. The van der Waals surface area contributed by atoms with Gasteiger partial charge in [-0.15, -0.1) is 16.4 Å². The minimum absolute atomic E-state index is 0.109. The van der Waals surface area contributed by atoms with Gasteiger partial charge in [0, 0.05) is 11.4 Å². The fourth-order valence-electron chi connectivity index (χ4n) is 1.86. The Bertz CT molecular complexity index is 662. The van der Waals surface area contributed by atoms with E-state index in [1.165, 1.54) is 27.1 Å². The Labute approximate surface area is 125 Å². The second kappa shape index (κ2) is 6.49. The molecule has 0 aliphatic carbocycles. The quantitative estimate of drug-likeness (QED) is 0.839. The average Bonchev–Trinajstić information content (AvgIpc) is 3.05. The first-order valence-corrected chi connectivity index (χ1v) is 7.33. The van der Waals surface area contributed by atoms with Crippen LogP contribution >= 0.6 is 11.3 Å². The van der Waals surface area contributed by atoms with Gasteiger partial charge in [-0.3, -0.25) is 4.79 Å². The third-order valence-corrected chi connectivity index (χ3v) is 4.33. The number of rotatable bonds is 6. The highest BCUT2D eigenvalue weighted by Crippen LogP contribution is 2.22. The number of hydrogen-bond acceptors (Lipinski definition) is 5. The Morgan fingerprint density at radius 1 is 1.48 bits per heavy atom. The van der Waals surface area contributed by atoms with Crippen molar-refractivity contribution in [3.8, 4) is 0 Å². The Morgan fingerprint density at radius 3 is 2.81 bits per heavy atom. The smallest absolute Gasteiger partial charge is 0.358 e. The van der Waals surface area contributed by atoms with Crippen LogP contribution in [0.2, 0.25) is 0 Å². The van der Waals surface area contributed by atoms with Crippen molar-refractivity contribution in [2.24, 2.45) is 0 Å². The molecule has 0 saturated heterocycles. The minimum Gasteiger partial charge on any atom is -0.476 e. The molecule has 0 radical (unpaired) electrons. The maximum atomic E-state index is 12.0. The van der Waals surface area contributed by atoms with Gasteiger partial charge in [0.1, 0.15) is 0 Å². The third-order valence-electron chi connectivity index (χ3n) is 2.95. The van der Waals surface area contributed by atoms with Crippen LogP contribution in [0.3, 0.4) is 0 Å². The van der Waals surface area contributed by atoms with Crippen molar-refractivity contribution < 1.29 is 14.7 Å². The first kappa shape index (κ1) is 15.2. The first-order chi connectivity index (χ1) is 10.0. The summed E-state index contributed by atoms with van der Waals surface area (Å²) in [5.74, 6) is -1.24. The summed E-state index contributed by atoms with van der Waals surface area (Å²) >= 11 is 1.50. The Hall–Kier alpha value is -2.22. The lowest BCUT2D eigenvalue weighted by molar-refractivity contribution is 0.0690. The van der Waals surface area contributed by atoms with Gasteiger partial charge < -0.3 is 10.4 Å². The van der Waals surface area contributed by atoms with E-state index in [9.17, 15) is 9.59 Å². The fraction of sp³-hybridized carbons (Fsp3) is 0.385. The number of thiophene rings is 1. The predicted octanol–water partition coefficient (Wildman–Crippen LogP) is 1.34. The van der Waals surface area contributed by atoms with Gasteiger partial charge in [-0.2, -0.15) is 0 Å². The Kier molecular flexibility index (Phi) is 4.69. The molecule has 0 aromatic carbocycles. The average molecular weight is 308 g/mol.